The summed E-state index contributed by atoms with van der Waals surface area (Å²) in [6.45, 7) is 0. The van der Waals surface area contributed by atoms with Crippen molar-refractivity contribution in [2.24, 2.45) is 12.1 Å². The highest BCUT2D eigenvalue weighted by Crippen LogP contribution is 2.34. The van der Waals surface area contributed by atoms with Gasteiger partial charge in [0.15, 0.2) is 5.16 Å². The van der Waals surface area contributed by atoms with E-state index < -0.39 is 0 Å². The fourth-order valence-electron chi connectivity index (χ4n) is 3.42. The summed E-state index contributed by atoms with van der Waals surface area (Å²) in [4.78, 5) is 15.4. The number of hydrogen-bond donors (Lipinski definition) is 0. The van der Waals surface area contributed by atoms with Crippen molar-refractivity contribution in [3.05, 3.63) is 74.8 Å². The van der Waals surface area contributed by atoms with Crippen molar-refractivity contribution in [1.29, 1.82) is 0 Å². The van der Waals surface area contributed by atoms with Crippen molar-refractivity contribution in [1.82, 2.24) is 19.8 Å². The Morgan fingerprint density at radius 3 is 2.81 bits per heavy atom. The Balaban J connectivity index is 1.30. The summed E-state index contributed by atoms with van der Waals surface area (Å²) in [5.74, 6) is 1.76. The topological polar surface area (TPSA) is 76.5 Å². The molecule has 0 N–H and O–H groups in total. The van der Waals surface area contributed by atoms with Gasteiger partial charge in [-0.1, -0.05) is 23.9 Å². The number of carbonyl (C=O) groups is 1. The smallest absolute Gasteiger partial charge is 0.253 e. The third kappa shape index (κ3) is 4.23. The normalized spacial score (nSPS) is 16.1. The Morgan fingerprint density at radius 2 is 2.06 bits per heavy atom. The standard InChI is InChI=1S/C21H19N5O2S3/c1-25-19(11-14-5-3-9-29-14)22-23-21(25)31-13-20(27)26-16(17-6-2-8-28-17)12-15(24-26)18-7-4-10-30-18/h2-10,16H,11-13H2,1H3/t16-/m1/s1. The summed E-state index contributed by atoms with van der Waals surface area (Å²) in [7, 11) is 1.93. The fraction of sp³-hybridized carbons (Fsp3) is 0.238. The van der Waals surface area contributed by atoms with Gasteiger partial charge >= 0.3 is 0 Å². The average molecular weight is 470 g/mol. The number of carbonyl (C=O) groups excluding carboxylic acids is 1. The number of thioether (sulfide) groups is 1. The van der Waals surface area contributed by atoms with Gasteiger partial charge in [-0.15, -0.1) is 32.9 Å². The molecule has 0 fully saturated rings. The summed E-state index contributed by atoms with van der Waals surface area (Å²) < 4.78 is 7.55. The minimum absolute atomic E-state index is 0.0826. The highest BCUT2D eigenvalue weighted by Gasteiger charge is 2.35. The SMILES string of the molecule is Cn1c(Cc2cccs2)nnc1SCC(=O)N1N=C(c2cccs2)C[C@@H]1c1ccco1. The van der Waals surface area contributed by atoms with Gasteiger partial charge < -0.3 is 8.98 Å². The molecule has 0 aromatic carbocycles. The van der Waals surface area contributed by atoms with E-state index in [0.29, 0.717) is 6.42 Å². The van der Waals surface area contributed by atoms with Gasteiger partial charge in [0, 0.05) is 24.8 Å². The Hall–Kier alpha value is -2.69. The van der Waals surface area contributed by atoms with E-state index in [1.165, 1.54) is 16.6 Å². The number of nitrogens with zero attached hydrogens (tertiary/aromatic N) is 5. The number of thiophene rings is 2. The van der Waals surface area contributed by atoms with Gasteiger partial charge in [-0.3, -0.25) is 4.79 Å². The molecular weight excluding hydrogens is 450 g/mol. The molecule has 0 saturated carbocycles. The molecule has 7 nitrogen and oxygen atoms in total. The maximum Gasteiger partial charge on any atom is 0.253 e. The Kier molecular flexibility index (Phi) is 5.75. The van der Waals surface area contributed by atoms with Crippen LogP contribution < -0.4 is 0 Å². The zero-order valence-electron chi connectivity index (χ0n) is 16.7. The molecule has 31 heavy (non-hydrogen) atoms. The van der Waals surface area contributed by atoms with Crippen LogP contribution >= 0.6 is 34.4 Å². The van der Waals surface area contributed by atoms with Crippen LogP contribution in [0.1, 0.15) is 33.8 Å². The third-order valence-corrected chi connectivity index (χ3v) is 7.81. The lowest BCUT2D eigenvalue weighted by atomic mass is 10.1. The highest BCUT2D eigenvalue weighted by molar-refractivity contribution is 7.99. The molecule has 0 unspecified atom stereocenters. The van der Waals surface area contributed by atoms with Crippen molar-refractivity contribution in [3.8, 4) is 0 Å². The quantitative estimate of drug-likeness (QED) is 0.370. The van der Waals surface area contributed by atoms with Crippen LogP contribution in [-0.4, -0.2) is 37.1 Å². The lowest BCUT2D eigenvalue weighted by molar-refractivity contribution is -0.130. The van der Waals surface area contributed by atoms with Gasteiger partial charge in [-0.2, -0.15) is 5.10 Å². The monoisotopic (exact) mass is 469 g/mol. The van der Waals surface area contributed by atoms with E-state index in [2.05, 4.69) is 26.7 Å². The number of amides is 1. The summed E-state index contributed by atoms with van der Waals surface area (Å²) in [6, 6.07) is 11.6. The molecule has 10 heteroatoms. The Bertz CT molecular complexity index is 1180. The van der Waals surface area contributed by atoms with Crippen LogP contribution in [0.15, 0.2) is 68.1 Å². The minimum Gasteiger partial charge on any atom is -0.467 e. The van der Waals surface area contributed by atoms with E-state index in [0.717, 1.165) is 33.8 Å². The van der Waals surface area contributed by atoms with Crippen LogP contribution in [0.2, 0.25) is 0 Å². The van der Waals surface area contributed by atoms with Crippen LogP contribution in [0.3, 0.4) is 0 Å². The number of hydrogen-bond acceptors (Lipinski definition) is 8. The largest absolute Gasteiger partial charge is 0.467 e. The predicted octanol–water partition coefficient (Wildman–Crippen LogP) is 4.59. The number of hydrazone groups is 1. The molecule has 0 saturated heterocycles. The second-order valence-electron chi connectivity index (χ2n) is 7.00. The minimum atomic E-state index is -0.228. The molecular formula is C21H19N5O2S3. The van der Waals surface area contributed by atoms with Gasteiger partial charge in [0.05, 0.1) is 22.6 Å². The molecule has 0 bridgehead atoms. The molecule has 1 aliphatic heterocycles. The van der Waals surface area contributed by atoms with Crippen LogP contribution in [0, 0.1) is 0 Å². The summed E-state index contributed by atoms with van der Waals surface area (Å²) >= 11 is 4.70. The van der Waals surface area contributed by atoms with E-state index in [1.54, 1.807) is 33.9 Å². The van der Waals surface area contributed by atoms with E-state index >= 15 is 0 Å². The molecule has 0 radical (unpaired) electrons. The first-order chi connectivity index (χ1) is 15.2. The maximum absolute atomic E-state index is 13.1. The molecule has 4 aromatic heterocycles. The highest BCUT2D eigenvalue weighted by atomic mass is 32.2. The molecule has 5 heterocycles. The molecule has 158 valence electrons. The molecule has 0 spiro atoms. The van der Waals surface area contributed by atoms with Gasteiger partial charge in [0.1, 0.15) is 17.6 Å². The summed E-state index contributed by atoms with van der Waals surface area (Å²) in [5.41, 5.74) is 0.909. The molecule has 1 atom stereocenters. The van der Waals surface area contributed by atoms with Crippen molar-refractivity contribution in [3.63, 3.8) is 0 Å². The van der Waals surface area contributed by atoms with Crippen molar-refractivity contribution in [2.75, 3.05) is 5.75 Å². The van der Waals surface area contributed by atoms with Gasteiger partial charge in [0.25, 0.3) is 5.91 Å². The first kappa shape index (κ1) is 20.2. The van der Waals surface area contributed by atoms with Gasteiger partial charge in [0.2, 0.25) is 0 Å². The van der Waals surface area contributed by atoms with Gasteiger partial charge in [-0.25, -0.2) is 5.01 Å². The molecule has 1 aliphatic rings. The fourth-order valence-corrected chi connectivity index (χ4v) is 5.63. The first-order valence-electron chi connectivity index (χ1n) is 9.69. The zero-order valence-corrected chi connectivity index (χ0v) is 19.1. The number of furan rings is 1. The van der Waals surface area contributed by atoms with E-state index in [-0.39, 0.29) is 17.7 Å². The molecule has 4 aromatic rings. The molecule has 5 rings (SSSR count). The lowest BCUT2D eigenvalue weighted by Crippen LogP contribution is -2.28. The predicted molar refractivity (Wildman–Crippen MR) is 123 cm³/mol. The average Bonchev–Trinajstić information content (AvgIpc) is 3.59. The second kappa shape index (κ2) is 8.81. The molecule has 1 amide bonds. The second-order valence-corrected chi connectivity index (χ2v) is 9.92. The van der Waals surface area contributed by atoms with Crippen LogP contribution in [0.5, 0.6) is 0 Å². The first-order valence-corrected chi connectivity index (χ1v) is 12.4. The summed E-state index contributed by atoms with van der Waals surface area (Å²) in [5, 5.41) is 19.6. The van der Waals surface area contributed by atoms with Crippen LogP contribution in [-0.2, 0) is 18.3 Å². The Morgan fingerprint density at radius 1 is 1.19 bits per heavy atom. The van der Waals surface area contributed by atoms with E-state index in [9.17, 15) is 4.79 Å². The van der Waals surface area contributed by atoms with E-state index in [4.69, 9.17) is 4.42 Å². The van der Waals surface area contributed by atoms with Crippen molar-refractivity contribution >= 4 is 46.1 Å². The van der Waals surface area contributed by atoms with Crippen molar-refractivity contribution < 1.29 is 9.21 Å². The summed E-state index contributed by atoms with van der Waals surface area (Å²) in [6.07, 6.45) is 3.00. The number of rotatable bonds is 7. The van der Waals surface area contributed by atoms with Crippen LogP contribution in [0.25, 0.3) is 0 Å². The van der Waals surface area contributed by atoms with E-state index in [1.807, 2.05) is 47.3 Å². The van der Waals surface area contributed by atoms with Gasteiger partial charge in [-0.05, 0) is 35.0 Å². The maximum atomic E-state index is 13.1. The van der Waals surface area contributed by atoms with Crippen molar-refractivity contribution in [2.45, 2.75) is 24.0 Å². The Labute approximate surface area is 191 Å². The molecule has 0 aliphatic carbocycles. The zero-order chi connectivity index (χ0) is 21.2. The van der Waals surface area contributed by atoms with Crippen LogP contribution in [0.4, 0.5) is 0 Å². The third-order valence-electron chi connectivity index (χ3n) is 5.01. The number of aromatic nitrogens is 3. The lowest BCUT2D eigenvalue weighted by Gasteiger charge is -2.19.